The fourth-order valence-electron chi connectivity index (χ4n) is 2.34. The summed E-state index contributed by atoms with van der Waals surface area (Å²) in [7, 11) is 0. The molecule has 1 fully saturated rings. The van der Waals surface area contributed by atoms with Crippen LogP contribution in [0.1, 0.15) is 19.8 Å². The molecule has 0 amide bonds. The van der Waals surface area contributed by atoms with Crippen LogP contribution in [-0.4, -0.2) is 46.5 Å². The van der Waals surface area contributed by atoms with Gasteiger partial charge in [-0.15, -0.1) is 0 Å². The Morgan fingerprint density at radius 2 is 2.38 bits per heavy atom. The highest BCUT2D eigenvalue weighted by atomic mass is 35.5. The quantitative estimate of drug-likeness (QED) is 0.826. The number of piperazine rings is 1. The Hall–Kier alpha value is -1.60. The first-order valence-electron chi connectivity index (χ1n) is 7.02. The molecule has 1 aliphatic rings. The van der Waals surface area contributed by atoms with Crippen molar-refractivity contribution < 1.29 is 9.90 Å². The highest BCUT2D eigenvalue weighted by Crippen LogP contribution is 2.24. The lowest BCUT2D eigenvalue weighted by Crippen LogP contribution is -2.55. The molecule has 7 nitrogen and oxygen atoms in total. The van der Waals surface area contributed by atoms with Crippen LogP contribution in [0, 0.1) is 0 Å². The molecule has 8 heteroatoms. The summed E-state index contributed by atoms with van der Waals surface area (Å²) < 4.78 is 1.33. The lowest BCUT2D eigenvalue weighted by atomic mass is 10.2. The molecule has 0 bridgehead atoms. The van der Waals surface area contributed by atoms with E-state index in [2.05, 4.69) is 10.4 Å². The molecule has 2 N–H and O–H groups in total. The van der Waals surface area contributed by atoms with E-state index in [9.17, 15) is 14.7 Å². The number of hydrogen-bond donors (Lipinski definition) is 2. The van der Waals surface area contributed by atoms with Crippen LogP contribution in [0.25, 0.3) is 0 Å². The molecule has 1 unspecified atom stereocenters. The first kappa shape index (κ1) is 15.8. The number of carboxylic acids is 1. The van der Waals surface area contributed by atoms with E-state index in [1.807, 2.05) is 6.92 Å². The number of rotatable bonds is 5. The second-order valence-corrected chi connectivity index (χ2v) is 5.36. The molecule has 0 aliphatic carbocycles. The number of nitrogens with zero attached hydrogens (tertiary/aromatic N) is 3. The van der Waals surface area contributed by atoms with E-state index in [1.165, 1.54) is 10.9 Å². The van der Waals surface area contributed by atoms with E-state index in [1.54, 1.807) is 4.90 Å². The third kappa shape index (κ3) is 3.36. The average Bonchev–Trinajstić information content (AvgIpc) is 2.49. The van der Waals surface area contributed by atoms with E-state index < -0.39 is 12.0 Å². The van der Waals surface area contributed by atoms with Crippen LogP contribution in [0.3, 0.4) is 0 Å². The molecule has 0 spiro atoms. The second kappa shape index (κ2) is 6.91. The van der Waals surface area contributed by atoms with Gasteiger partial charge in [0.1, 0.15) is 11.1 Å². The number of aryl methyl sites for hydroxylation is 1. The zero-order valence-corrected chi connectivity index (χ0v) is 12.6. The number of aromatic nitrogens is 2. The Bertz CT molecular complexity index is 575. The second-order valence-electron chi connectivity index (χ2n) is 4.98. The van der Waals surface area contributed by atoms with E-state index in [-0.39, 0.29) is 10.6 Å². The number of halogens is 1. The summed E-state index contributed by atoms with van der Waals surface area (Å²) in [5, 5.41) is 16.4. The monoisotopic (exact) mass is 314 g/mol. The predicted molar refractivity (Wildman–Crippen MR) is 80.1 cm³/mol. The SMILES string of the molecule is CCCCn1ncc(N2CCNCC2C(=O)O)c(Cl)c1=O. The Morgan fingerprint density at radius 1 is 1.62 bits per heavy atom. The van der Waals surface area contributed by atoms with Crippen molar-refractivity contribution in [1.82, 2.24) is 15.1 Å². The van der Waals surface area contributed by atoms with Gasteiger partial charge in [0.05, 0.1) is 11.9 Å². The van der Waals surface area contributed by atoms with Gasteiger partial charge in [-0.25, -0.2) is 9.48 Å². The van der Waals surface area contributed by atoms with Gasteiger partial charge < -0.3 is 15.3 Å². The highest BCUT2D eigenvalue weighted by Gasteiger charge is 2.30. The number of carbonyl (C=O) groups is 1. The Labute approximate surface area is 127 Å². The van der Waals surface area contributed by atoms with Crippen molar-refractivity contribution >= 4 is 23.3 Å². The van der Waals surface area contributed by atoms with Gasteiger partial charge in [-0.05, 0) is 6.42 Å². The molecule has 1 aliphatic heterocycles. The lowest BCUT2D eigenvalue weighted by Gasteiger charge is -2.35. The van der Waals surface area contributed by atoms with Crippen LogP contribution in [0.2, 0.25) is 5.02 Å². The predicted octanol–water partition coefficient (Wildman–Crippen LogP) is 0.560. The molecule has 0 radical (unpaired) electrons. The maximum Gasteiger partial charge on any atom is 0.327 e. The minimum absolute atomic E-state index is 0.0363. The average molecular weight is 315 g/mol. The number of hydrogen-bond acceptors (Lipinski definition) is 5. The van der Waals surface area contributed by atoms with Gasteiger partial charge in [0.25, 0.3) is 5.56 Å². The van der Waals surface area contributed by atoms with Gasteiger partial charge in [-0.1, -0.05) is 24.9 Å². The Balaban J connectivity index is 2.33. The maximum absolute atomic E-state index is 12.2. The van der Waals surface area contributed by atoms with Crippen molar-refractivity contribution in [2.75, 3.05) is 24.5 Å². The Morgan fingerprint density at radius 3 is 3.05 bits per heavy atom. The third-order valence-electron chi connectivity index (χ3n) is 3.53. The van der Waals surface area contributed by atoms with Crippen molar-refractivity contribution in [2.24, 2.45) is 0 Å². The zero-order chi connectivity index (χ0) is 15.4. The number of carboxylic acid groups (broad SMARTS) is 1. The van der Waals surface area contributed by atoms with Crippen LogP contribution >= 0.6 is 11.6 Å². The van der Waals surface area contributed by atoms with Crippen molar-refractivity contribution in [3.05, 3.63) is 21.6 Å². The van der Waals surface area contributed by atoms with Gasteiger partial charge in [0, 0.05) is 26.2 Å². The van der Waals surface area contributed by atoms with Gasteiger partial charge in [-0.3, -0.25) is 4.79 Å². The standard InChI is InChI=1S/C13H19ClN4O3/c1-2-3-5-18-12(19)11(14)9(8-16-18)17-6-4-15-7-10(17)13(20)21/h8,10,15H,2-7H2,1H3,(H,20,21). The molecule has 1 atom stereocenters. The molecule has 1 saturated heterocycles. The summed E-state index contributed by atoms with van der Waals surface area (Å²) in [5.41, 5.74) is 0.0219. The molecule has 1 aromatic rings. The van der Waals surface area contributed by atoms with E-state index >= 15 is 0 Å². The maximum atomic E-state index is 12.2. The van der Waals surface area contributed by atoms with Gasteiger partial charge in [0.15, 0.2) is 0 Å². The van der Waals surface area contributed by atoms with Gasteiger partial charge in [-0.2, -0.15) is 5.10 Å². The fourth-order valence-corrected chi connectivity index (χ4v) is 2.59. The summed E-state index contributed by atoms with van der Waals surface area (Å²) >= 11 is 6.15. The van der Waals surface area contributed by atoms with Crippen molar-refractivity contribution in [2.45, 2.75) is 32.4 Å². The normalized spacial score (nSPS) is 18.8. The van der Waals surface area contributed by atoms with E-state index in [4.69, 9.17) is 11.6 Å². The molecule has 2 heterocycles. The van der Waals surface area contributed by atoms with Crippen LogP contribution in [0.4, 0.5) is 5.69 Å². The highest BCUT2D eigenvalue weighted by molar-refractivity contribution is 6.33. The summed E-state index contributed by atoms with van der Waals surface area (Å²) in [6.07, 6.45) is 3.28. The Kier molecular flexibility index (Phi) is 5.19. The van der Waals surface area contributed by atoms with Crippen molar-refractivity contribution in [1.29, 1.82) is 0 Å². The van der Waals surface area contributed by atoms with Crippen LogP contribution in [-0.2, 0) is 11.3 Å². The van der Waals surface area contributed by atoms with E-state index in [0.29, 0.717) is 31.9 Å². The molecular weight excluding hydrogens is 296 g/mol. The fraction of sp³-hybridized carbons (Fsp3) is 0.615. The molecule has 2 rings (SSSR count). The third-order valence-corrected chi connectivity index (χ3v) is 3.88. The summed E-state index contributed by atoms with van der Waals surface area (Å²) in [6, 6.07) is -0.746. The largest absolute Gasteiger partial charge is 0.480 e. The van der Waals surface area contributed by atoms with E-state index in [0.717, 1.165) is 12.8 Å². The molecule has 1 aromatic heterocycles. The first-order chi connectivity index (χ1) is 10.1. The van der Waals surface area contributed by atoms with Crippen LogP contribution < -0.4 is 15.8 Å². The number of aliphatic carboxylic acids is 1. The minimum Gasteiger partial charge on any atom is -0.480 e. The smallest absolute Gasteiger partial charge is 0.327 e. The lowest BCUT2D eigenvalue weighted by molar-refractivity contribution is -0.138. The summed E-state index contributed by atoms with van der Waals surface area (Å²) in [4.78, 5) is 25.1. The van der Waals surface area contributed by atoms with Gasteiger partial charge in [0.2, 0.25) is 0 Å². The molecule has 116 valence electrons. The summed E-state index contributed by atoms with van der Waals surface area (Å²) in [6.45, 7) is 3.96. The minimum atomic E-state index is -0.951. The number of anilines is 1. The topological polar surface area (TPSA) is 87.5 Å². The molecule has 21 heavy (non-hydrogen) atoms. The van der Waals surface area contributed by atoms with Crippen LogP contribution in [0.5, 0.6) is 0 Å². The van der Waals surface area contributed by atoms with Crippen molar-refractivity contribution in [3.8, 4) is 0 Å². The van der Waals surface area contributed by atoms with Gasteiger partial charge >= 0.3 is 5.97 Å². The number of nitrogens with one attached hydrogen (secondary N) is 1. The van der Waals surface area contributed by atoms with Crippen molar-refractivity contribution in [3.63, 3.8) is 0 Å². The summed E-state index contributed by atoms with van der Waals surface area (Å²) in [5.74, 6) is -0.951. The first-order valence-corrected chi connectivity index (χ1v) is 7.39. The molecular formula is C13H19ClN4O3. The zero-order valence-electron chi connectivity index (χ0n) is 11.9. The number of unbranched alkanes of at least 4 members (excludes halogenated alkanes) is 1. The van der Waals surface area contributed by atoms with Crippen LogP contribution in [0.15, 0.2) is 11.0 Å². The molecule has 0 saturated carbocycles. The molecule has 0 aromatic carbocycles.